The van der Waals surface area contributed by atoms with E-state index in [2.05, 4.69) is 15.4 Å². The molecule has 6 nitrogen and oxygen atoms in total. The minimum Gasteiger partial charge on any atom is -0.490 e. The molecule has 88 valence electrons. The lowest BCUT2D eigenvalue weighted by Gasteiger charge is -2.07. The predicted molar refractivity (Wildman–Crippen MR) is 59.5 cm³/mol. The van der Waals surface area contributed by atoms with Crippen LogP contribution in [0, 0.1) is 0 Å². The molecule has 2 heterocycles. The molecule has 17 heavy (non-hydrogen) atoms. The number of hydrogen-bond acceptors (Lipinski definition) is 5. The third-order valence-corrected chi connectivity index (χ3v) is 2.46. The van der Waals surface area contributed by atoms with Gasteiger partial charge in [0.1, 0.15) is 18.5 Å². The van der Waals surface area contributed by atoms with Crippen molar-refractivity contribution in [2.45, 2.75) is 6.10 Å². The molecule has 1 atom stereocenters. The maximum atomic E-state index is 5.68. The first-order valence-electron chi connectivity index (χ1n) is 5.41. The van der Waals surface area contributed by atoms with E-state index in [9.17, 15) is 0 Å². The van der Waals surface area contributed by atoms with Crippen molar-refractivity contribution < 1.29 is 9.47 Å². The zero-order chi connectivity index (χ0) is 11.7. The minimum absolute atomic E-state index is 0.234. The molecule has 0 amide bonds. The molecule has 0 radical (unpaired) electrons. The Morgan fingerprint density at radius 2 is 2.29 bits per heavy atom. The summed E-state index contributed by atoms with van der Waals surface area (Å²) < 4.78 is 10.8. The van der Waals surface area contributed by atoms with Crippen LogP contribution in [0.2, 0.25) is 0 Å². The summed E-state index contributed by atoms with van der Waals surface area (Å²) in [5.41, 5.74) is 0.848. The van der Waals surface area contributed by atoms with Gasteiger partial charge in [-0.3, -0.25) is 0 Å². The van der Waals surface area contributed by atoms with Gasteiger partial charge in [0.2, 0.25) is 5.82 Å². The van der Waals surface area contributed by atoms with Crippen molar-refractivity contribution in [3.8, 4) is 17.1 Å². The average molecular weight is 232 g/mol. The van der Waals surface area contributed by atoms with E-state index < -0.39 is 0 Å². The van der Waals surface area contributed by atoms with Crippen molar-refractivity contribution in [2.24, 2.45) is 7.05 Å². The van der Waals surface area contributed by atoms with Crippen LogP contribution in [0.1, 0.15) is 0 Å². The molecule has 0 aliphatic carbocycles. The lowest BCUT2D eigenvalue weighted by Crippen LogP contribution is -2.05. The Balaban J connectivity index is 1.86. The van der Waals surface area contributed by atoms with E-state index >= 15 is 0 Å². The van der Waals surface area contributed by atoms with Gasteiger partial charge in [0.05, 0.1) is 19.2 Å². The fourth-order valence-electron chi connectivity index (χ4n) is 1.52. The molecule has 1 saturated heterocycles. The van der Waals surface area contributed by atoms with E-state index in [1.54, 1.807) is 7.05 Å². The summed E-state index contributed by atoms with van der Waals surface area (Å²) in [6, 6.07) is 7.66. The third kappa shape index (κ3) is 2.26. The number of tetrazole rings is 1. The fraction of sp³-hybridized carbons (Fsp3) is 0.364. The van der Waals surface area contributed by atoms with Crippen molar-refractivity contribution in [1.29, 1.82) is 0 Å². The smallest absolute Gasteiger partial charge is 0.208 e. The van der Waals surface area contributed by atoms with Gasteiger partial charge in [-0.15, -0.1) is 10.2 Å². The van der Waals surface area contributed by atoms with E-state index in [1.807, 2.05) is 24.3 Å². The van der Waals surface area contributed by atoms with Crippen LogP contribution in [0.5, 0.6) is 5.75 Å². The Labute approximate surface area is 98.2 Å². The van der Waals surface area contributed by atoms with Crippen molar-refractivity contribution in [3.63, 3.8) is 0 Å². The number of rotatable bonds is 4. The third-order valence-electron chi connectivity index (χ3n) is 2.46. The molecule has 0 saturated carbocycles. The summed E-state index contributed by atoms with van der Waals surface area (Å²) in [5.74, 6) is 1.33. The predicted octanol–water partition coefficient (Wildman–Crippen LogP) is 0.655. The summed E-state index contributed by atoms with van der Waals surface area (Å²) in [5, 5.41) is 12.0. The molecular weight excluding hydrogens is 220 g/mol. The molecule has 0 spiro atoms. The Kier molecular flexibility index (Phi) is 2.49. The zero-order valence-electron chi connectivity index (χ0n) is 9.41. The molecule has 1 aliphatic heterocycles. The summed E-state index contributed by atoms with van der Waals surface area (Å²) >= 11 is 0. The summed E-state index contributed by atoms with van der Waals surface area (Å²) in [4.78, 5) is 1.43. The first-order chi connectivity index (χ1) is 8.33. The summed E-state index contributed by atoms with van der Waals surface area (Å²) in [7, 11) is 1.73. The van der Waals surface area contributed by atoms with Gasteiger partial charge in [0.25, 0.3) is 0 Å². The number of nitrogens with zero attached hydrogens (tertiary/aromatic N) is 4. The van der Waals surface area contributed by atoms with E-state index in [0.29, 0.717) is 12.4 Å². The van der Waals surface area contributed by atoms with Gasteiger partial charge in [-0.2, -0.15) is 4.80 Å². The molecule has 1 aromatic carbocycles. The highest BCUT2D eigenvalue weighted by molar-refractivity contribution is 5.63. The number of epoxide rings is 1. The number of ether oxygens (including phenoxy) is 2. The molecule has 1 aromatic heterocycles. The van der Waals surface area contributed by atoms with Crippen LogP contribution in [0.25, 0.3) is 11.4 Å². The average Bonchev–Trinajstić information content (AvgIpc) is 3.08. The van der Waals surface area contributed by atoms with Crippen molar-refractivity contribution in [3.05, 3.63) is 24.3 Å². The van der Waals surface area contributed by atoms with E-state index in [1.165, 1.54) is 4.80 Å². The van der Waals surface area contributed by atoms with Gasteiger partial charge in [-0.05, 0) is 17.3 Å². The molecule has 6 heteroatoms. The number of benzene rings is 1. The largest absolute Gasteiger partial charge is 0.490 e. The van der Waals surface area contributed by atoms with Crippen LogP contribution in [-0.2, 0) is 11.8 Å². The minimum atomic E-state index is 0.234. The highest BCUT2D eigenvalue weighted by Gasteiger charge is 2.23. The van der Waals surface area contributed by atoms with E-state index in [4.69, 9.17) is 9.47 Å². The van der Waals surface area contributed by atoms with Crippen LogP contribution >= 0.6 is 0 Å². The fourth-order valence-corrected chi connectivity index (χ4v) is 1.52. The van der Waals surface area contributed by atoms with Crippen LogP contribution < -0.4 is 4.74 Å². The van der Waals surface area contributed by atoms with Crippen LogP contribution in [0.4, 0.5) is 0 Å². The molecule has 3 rings (SSSR count). The Bertz CT molecular complexity index is 522. The van der Waals surface area contributed by atoms with E-state index in [0.717, 1.165) is 17.9 Å². The molecule has 1 aliphatic rings. The van der Waals surface area contributed by atoms with E-state index in [-0.39, 0.29) is 6.10 Å². The van der Waals surface area contributed by atoms with Crippen molar-refractivity contribution >= 4 is 0 Å². The highest BCUT2D eigenvalue weighted by Crippen LogP contribution is 2.27. The van der Waals surface area contributed by atoms with Crippen LogP contribution in [0.15, 0.2) is 24.3 Å². The normalized spacial score (nSPS) is 18.1. The lowest BCUT2D eigenvalue weighted by molar-refractivity contribution is 0.264. The second-order valence-electron chi connectivity index (χ2n) is 3.86. The number of para-hydroxylation sites is 1. The maximum absolute atomic E-state index is 5.68. The molecule has 2 aromatic rings. The van der Waals surface area contributed by atoms with Gasteiger partial charge in [0.15, 0.2) is 0 Å². The Hall–Kier alpha value is -1.95. The number of hydrogen-bond donors (Lipinski definition) is 0. The summed E-state index contributed by atoms with van der Waals surface area (Å²) in [6.45, 7) is 1.35. The molecule has 0 bridgehead atoms. The van der Waals surface area contributed by atoms with Gasteiger partial charge in [0, 0.05) is 0 Å². The second kappa shape index (κ2) is 4.14. The van der Waals surface area contributed by atoms with Gasteiger partial charge < -0.3 is 9.47 Å². The first-order valence-corrected chi connectivity index (χ1v) is 5.41. The quantitative estimate of drug-likeness (QED) is 0.724. The molecule has 0 N–H and O–H groups in total. The monoisotopic (exact) mass is 232 g/mol. The van der Waals surface area contributed by atoms with Crippen LogP contribution in [-0.4, -0.2) is 39.5 Å². The van der Waals surface area contributed by atoms with Gasteiger partial charge in [-0.1, -0.05) is 12.1 Å². The topological polar surface area (TPSA) is 65.4 Å². The SMILES string of the molecule is Cn1nnc(-c2ccccc2OC[C@@H]2CO2)n1. The number of aromatic nitrogens is 4. The number of aryl methyl sites for hydroxylation is 1. The molecule has 1 fully saturated rings. The van der Waals surface area contributed by atoms with Gasteiger partial charge >= 0.3 is 0 Å². The standard InChI is InChI=1S/C11H12N4O2/c1-15-13-11(12-14-15)9-4-2-3-5-10(9)17-7-8-6-16-8/h2-5,8H,6-7H2,1H3/t8-/m0/s1. The maximum Gasteiger partial charge on any atom is 0.208 e. The zero-order valence-corrected chi connectivity index (χ0v) is 9.41. The lowest BCUT2D eigenvalue weighted by atomic mass is 10.2. The highest BCUT2D eigenvalue weighted by atomic mass is 16.6. The first kappa shape index (κ1) is 10.2. The van der Waals surface area contributed by atoms with Crippen molar-refractivity contribution in [2.75, 3.05) is 13.2 Å². The Morgan fingerprint density at radius 1 is 1.47 bits per heavy atom. The van der Waals surface area contributed by atoms with Gasteiger partial charge in [-0.25, -0.2) is 0 Å². The molecular formula is C11H12N4O2. The Morgan fingerprint density at radius 3 is 3.00 bits per heavy atom. The van der Waals surface area contributed by atoms with Crippen LogP contribution in [0.3, 0.4) is 0 Å². The summed E-state index contributed by atoms with van der Waals surface area (Å²) in [6.07, 6.45) is 0.234. The second-order valence-corrected chi connectivity index (χ2v) is 3.86. The molecule has 0 unspecified atom stereocenters. The van der Waals surface area contributed by atoms with Crippen molar-refractivity contribution in [1.82, 2.24) is 20.2 Å².